The Balaban J connectivity index is 1.93. The number of rotatable bonds is 6. The van der Waals surface area contributed by atoms with Crippen LogP contribution in [0.1, 0.15) is 27.1 Å². The summed E-state index contributed by atoms with van der Waals surface area (Å²) in [5.41, 5.74) is 2.20. The van der Waals surface area contributed by atoms with Crippen molar-refractivity contribution in [2.45, 2.75) is 6.42 Å². The summed E-state index contributed by atoms with van der Waals surface area (Å²) >= 11 is 0. The zero-order valence-corrected chi connectivity index (χ0v) is 12.8. The molecule has 0 unspecified atom stereocenters. The molecular weight excluding hydrogens is 278 g/mol. The first kappa shape index (κ1) is 15.8. The van der Waals surface area contributed by atoms with Crippen LogP contribution in [0.15, 0.2) is 54.6 Å². The lowest BCUT2D eigenvalue weighted by Crippen LogP contribution is -2.21. The van der Waals surface area contributed by atoms with Crippen LogP contribution in [-0.4, -0.2) is 32.5 Å². The average molecular weight is 297 g/mol. The smallest absolute Gasteiger partial charge is 0.337 e. The number of hydrogen-bond donors (Lipinski definition) is 0. The zero-order valence-electron chi connectivity index (χ0n) is 12.8. The van der Waals surface area contributed by atoms with Gasteiger partial charge in [-0.3, -0.25) is 4.79 Å². The second kappa shape index (κ2) is 7.41. The van der Waals surface area contributed by atoms with Crippen LogP contribution in [0, 0.1) is 0 Å². The first-order valence-corrected chi connectivity index (χ1v) is 7.09. The van der Waals surface area contributed by atoms with Crippen LogP contribution in [0.4, 0.5) is 5.69 Å². The number of carbonyl (C=O) groups is 2. The Hall–Kier alpha value is -2.62. The predicted molar refractivity (Wildman–Crippen MR) is 86.4 cm³/mol. The highest BCUT2D eigenvalue weighted by molar-refractivity contribution is 5.96. The lowest BCUT2D eigenvalue weighted by molar-refractivity contribution is 0.0600. The number of ketones is 1. The molecule has 22 heavy (non-hydrogen) atoms. The highest BCUT2D eigenvalue weighted by Crippen LogP contribution is 2.15. The van der Waals surface area contributed by atoms with Crippen molar-refractivity contribution in [1.29, 1.82) is 0 Å². The normalized spacial score (nSPS) is 10.1. The number of anilines is 1. The van der Waals surface area contributed by atoms with Gasteiger partial charge in [-0.1, -0.05) is 30.3 Å². The topological polar surface area (TPSA) is 46.6 Å². The van der Waals surface area contributed by atoms with E-state index in [0.29, 0.717) is 18.5 Å². The first-order valence-electron chi connectivity index (χ1n) is 7.09. The van der Waals surface area contributed by atoms with Gasteiger partial charge in [-0.05, 0) is 24.3 Å². The molecule has 0 aliphatic heterocycles. The van der Waals surface area contributed by atoms with Gasteiger partial charge in [0.1, 0.15) is 0 Å². The highest BCUT2D eigenvalue weighted by Gasteiger charge is 2.09. The lowest BCUT2D eigenvalue weighted by atomic mass is 10.1. The lowest BCUT2D eigenvalue weighted by Gasteiger charge is -2.19. The van der Waals surface area contributed by atoms with Gasteiger partial charge in [-0.25, -0.2) is 4.79 Å². The third-order valence-electron chi connectivity index (χ3n) is 3.50. The number of nitrogens with zero attached hydrogens (tertiary/aromatic N) is 1. The van der Waals surface area contributed by atoms with Gasteiger partial charge in [-0.2, -0.15) is 0 Å². The van der Waals surface area contributed by atoms with Gasteiger partial charge in [0, 0.05) is 31.3 Å². The number of ether oxygens (including phenoxy) is 1. The monoisotopic (exact) mass is 297 g/mol. The van der Waals surface area contributed by atoms with E-state index in [-0.39, 0.29) is 11.8 Å². The summed E-state index contributed by atoms with van der Waals surface area (Å²) in [5.74, 6) is -0.230. The van der Waals surface area contributed by atoms with Crippen LogP contribution in [0.5, 0.6) is 0 Å². The van der Waals surface area contributed by atoms with Gasteiger partial charge in [0.15, 0.2) is 5.78 Å². The molecule has 2 aromatic rings. The fourth-order valence-electron chi connectivity index (χ4n) is 2.14. The van der Waals surface area contributed by atoms with E-state index in [1.165, 1.54) is 7.11 Å². The standard InChI is InChI=1S/C18H19NO3/c1-19(13-12-17(20)14-6-4-3-5-7-14)16-10-8-15(9-11-16)18(21)22-2/h3-11H,12-13H2,1-2H3. The molecule has 0 aliphatic rings. The van der Waals surface area contributed by atoms with Crippen molar-refractivity contribution in [3.63, 3.8) is 0 Å². The third-order valence-corrected chi connectivity index (χ3v) is 3.50. The van der Waals surface area contributed by atoms with E-state index in [9.17, 15) is 9.59 Å². The molecule has 4 nitrogen and oxygen atoms in total. The van der Waals surface area contributed by atoms with Crippen molar-refractivity contribution < 1.29 is 14.3 Å². The Morgan fingerprint density at radius 3 is 2.18 bits per heavy atom. The van der Waals surface area contributed by atoms with E-state index >= 15 is 0 Å². The molecule has 0 bridgehead atoms. The fourth-order valence-corrected chi connectivity index (χ4v) is 2.14. The average Bonchev–Trinajstić information content (AvgIpc) is 2.59. The maximum Gasteiger partial charge on any atom is 0.337 e. The second-order valence-electron chi connectivity index (χ2n) is 5.00. The number of carbonyl (C=O) groups excluding carboxylic acids is 2. The minimum absolute atomic E-state index is 0.124. The van der Waals surface area contributed by atoms with Crippen molar-refractivity contribution >= 4 is 17.4 Å². The Bertz CT molecular complexity index is 635. The molecule has 0 saturated carbocycles. The Kier molecular flexibility index (Phi) is 5.31. The second-order valence-corrected chi connectivity index (χ2v) is 5.00. The third kappa shape index (κ3) is 3.95. The van der Waals surface area contributed by atoms with Crippen molar-refractivity contribution in [3.05, 3.63) is 65.7 Å². The van der Waals surface area contributed by atoms with E-state index in [2.05, 4.69) is 4.74 Å². The first-order chi connectivity index (χ1) is 10.6. The van der Waals surface area contributed by atoms with Crippen LogP contribution in [0.25, 0.3) is 0 Å². The summed E-state index contributed by atoms with van der Waals surface area (Å²) in [6, 6.07) is 16.4. The van der Waals surface area contributed by atoms with E-state index in [1.54, 1.807) is 12.1 Å². The summed E-state index contributed by atoms with van der Waals surface area (Å²) in [6.07, 6.45) is 0.444. The molecule has 0 saturated heterocycles. The van der Waals surface area contributed by atoms with Crippen LogP contribution in [-0.2, 0) is 4.74 Å². The molecule has 0 heterocycles. The molecule has 2 aromatic carbocycles. The summed E-state index contributed by atoms with van der Waals surface area (Å²) in [6.45, 7) is 0.616. The number of hydrogen-bond acceptors (Lipinski definition) is 4. The van der Waals surface area contributed by atoms with Gasteiger partial charge in [0.05, 0.1) is 12.7 Å². The highest BCUT2D eigenvalue weighted by atomic mass is 16.5. The molecule has 0 N–H and O–H groups in total. The SMILES string of the molecule is COC(=O)c1ccc(N(C)CCC(=O)c2ccccc2)cc1. The molecule has 0 radical (unpaired) electrons. The molecule has 2 rings (SSSR count). The molecule has 0 aromatic heterocycles. The van der Waals surface area contributed by atoms with E-state index < -0.39 is 0 Å². The summed E-state index contributed by atoms with van der Waals surface area (Å²) in [7, 11) is 3.28. The molecule has 0 spiro atoms. The predicted octanol–water partition coefficient (Wildman–Crippen LogP) is 3.18. The van der Waals surface area contributed by atoms with Gasteiger partial charge in [-0.15, -0.1) is 0 Å². The van der Waals surface area contributed by atoms with Crippen LogP contribution >= 0.6 is 0 Å². The van der Waals surface area contributed by atoms with E-state index in [1.807, 2.05) is 54.4 Å². The molecule has 0 aliphatic carbocycles. The van der Waals surface area contributed by atoms with Crippen molar-refractivity contribution in [3.8, 4) is 0 Å². The molecule has 0 atom stereocenters. The Morgan fingerprint density at radius 1 is 0.955 bits per heavy atom. The summed E-state index contributed by atoms with van der Waals surface area (Å²) < 4.78 is 4.67. The summed E-state index contributed by atoms with van der Waals surface area (Å²) in [4.78, 5) is 25.4. The molecule has 0 amide bonds. The van der Waals surface area contributed by atoms with Crippen molar-refractivity contribution in [2.75, 3.05) is 25.6 Å². The van der Waals surface area contributed by atoms with Crippen molar-refractivity contribution in [2.24, 2.45) is 0 Å². The van der Waals surface area contributed by atoms with Gasteiger partial charge < -0.3 is 9.64 Å². The van der Waals surface area contributed by atoms with Gasteiger partial charge in [0.25, 0.3) is 0 Å². The molecule has 0 fully saturated rings. The minimum atomic E-state index is -0.353. The van der Waals surface area contributed by atoms with Crippen LogP contribution < -0.4 is 4.90 Å². The number of Topliss-reactive ketones (excluding diaryl/α,β-unsaturated/α-hetero) is 1. The van der Waals surface area contributed by atoms with Crippen LogP contribution in [0.2, 0.25) is 0 Å². The van der Waals surface area contributed by atoms with Crippen molar-refractivity contribution in [1.82, 2.24) is 0 Å². The number of benzene rings is 2. The van der Waals surface area contributed by atoms with Gasteiger partial charge >= 0.3 is 5.97 Å². The molecular formula is C18H19NO3. The molecule has 4 heteroatoms. The maximum absolute atomic E-state index is 12.1. The Labute approximate surface area is 130 Å². The van der Waals surface area contributed by atoms with Gasteiger partial charge in [0.2, 0.25) is 0 Å². The van der Waals surface area contributed by atoms with Crippen LogP contribution in [0.3, 0.4) is 0 Å². The zero-order chi connectivity index (χ0) is 15.9. The Morgan fingerprint density at radius 2 is 1.59 bits per heavy atom. The minimum Gasteiger partial charge on any atom is -0.465 e. The quantitative estimate of drug-likeness (QED) is 0.607. The fraction of sp³-hybridized carbons (Fsp3) is 0.222. The number of methoxy groups -OCH3 is 1. The van der Waals surface area contributed by atoms with E-state index in [4.69, 9.17) is 0 Å². The largest absolute Gasteiger partial charge is 0.465 e. The maximum atomic E-state index is 12.1. The molecule has 114 valence electrons. The summed E-state index contributed by atoms with van der Waals surface area (Å²) in [5, 5.41) is 0. The number of esters is 1. The van der Waals surface area contributed by atoms with E-state index in [0.717, 1.165) is 11.3 Å².